The van der Waals surface area contributed by atoms with E-state index in [1.54, 1.807) is 37.3 Å². The van der Waals surface area contributed by atoms with Gasteiger partial charge in [0.15, 0.2) is 11.5 Å². The van der Waals surface area contributed by atoms with E-state index in [1.165, 1.54) is 58.5 Å². The zero-order valence-electron chi connectivity index (χ0n) is 28.3. The minimum Gasteiger partial charge on any atom is -0.493 e. The Balaban J connectivity index is 1.87. The molecule has 9 nitrogen and oxygen atoms in total. The summed E-state index contributed by atoms with van der Waals surface area (Å²) in [5.74, 6) is -1.12. The van der Waals surface area contributed by atoms with Gasteiger partial charge in [0.05, 0.1) is 42.3 Å². The van der Waals surface area contributed by atoms with E-state index < -0.39 is 33.4 Å². The van der Waals surface area contributed by atoms with Crippen LogP contribution in [0.4, 0.5) is 5.69 Å². The van der Waals surface area contributed by atoms with E-state index in [4.69, 9.17) is 9.47 Å². The van der Waals surface area contributed by atoms with Crippen molar-refractivity contribution in [3.05, 3.63) is 52.6 Å². The molecule has 2 aromatic carbocycles. The molecule has 0 spiro atoms. The summed E-state index contributed by atoms with van der Waals surface area (Å²) in [5.41, 5.74) is 1.76. The molecule has 0 bridgehead atoms. The highest BCUT2D eigenvalue weighted by atomic mass is 32.2. The molecule has 2 aromatic rings. The number of carbonyl (C=O) groups excluding carboxylic acids is 3. The van der Waals surface area contributed by atoms with Gasteiger partial charge in [0.25, 0.3) is 11.8 Å². The molecule has 46 heavy (non-hydrogen) atoms. The lowest BCUT2D eigenvalue weighted by molar-refractivity contribution is -0.115. The number of amides is 3. The van der Waals surface area contributed by atoms with Crippen molar-refractivity contribution in [2.45, 2.75) is 110 Å². The van der Waals surface area contributed by atoms with Crippen LogP contribution in [0.5, 0.6) is 11.5 Å². The molecule has 0 fully saturated rings. The smallest absolute Gasteiger partial charge is 0.264 e. The second-order valence-corrected chi connectivity index (χ2v) is 14.3. The topological polar surface area (TPSA) is 119 Å². The molecule has 0 unspecified atom stereocenters. The highest BCUT2D eigenvalue weighted by molar-refractivity contribution is 7.90. The Kier molecular flexibility index (Phi) is 14.6. The van der Waals surface area contributed by atoms with Crippen molar-refractivity contribution in [3.8, 4) is 11.5 Å². The number of carbonyl (C=O) groups is 3. The first-order valence-electron chi connectivity index (χ1n) is 16.9. The SMILES string of the molecule is CCCCCCCCCCCCCc1ccc(NC(=O)CC)c2c1C(=O)N([C@H](CS(C)(=O)=O)c1ccc(OC)c(OCC)c1)C2=O. The molecular weight excluding hydrogens is 604 g/mol. The molecule has 254 valence electrons. The van der Waals surface area contributed by atoms with E-state index in [2.05, 4.69) is 12.2 Å². The molecular formula is C36H52N2O7S. The van der Waals surface area contributed by atoms with Gasteiger partial charge in [-0.25, -0.2) is 8.42 Å². The van der Waals surface area contributed by atoms with Gasteiger partial charge in [0.2, 0.25) is 5.91 Å². The van der Waals surface area contributed by atoms with E-state index in [1.807, 2.05) is 6.92 Å². The molecule has 0 aromatic heterocycles. The van der Waals surface area contributed by atoms with Crippen LogP contribution in [-0.4, -0.2) is 56.8 Å². The number of ether oxygens (including phenoxy) is 2. The second-order valence-electron chi connectivity index (χ2n) is 12.1. The van der Waals surface area contributed by atoms with Gasteiger partial charge in [-0.05, 0) is 49.1 Å². The first-order valence-corrected chi connectivity index (χ1v) is 18.9. The highest BCUT2D eigenvalue weighted by Crippen LogP contribution is 2.40. The Labute approximate surface area is 275 Å². The predicted molar refractivity (Wildman–Crippen MR) is 183 cm³/mol. The summed E-state index contributed by atoms with van der Waals surface area (Å²) >= 11 is 0. The first kappa shape index (κ1) is 37.1. The van der Waals surface area contributed by atoms with Gasteiger partial charge in [-0.3, -0.25) is 19.3 Å². The Hall–Kier alpha value is -3.40. The number of hydrogen-bond donors (Lipinski definition) is 1. The molecule has 1 heterocycles. The molecule has 0 saturated heterocycles. The number of unbranched alkanes of at least 4 members (excludes halogenated alkanes) is 10. The maximum Gasteiger partial charge on any atom is 0.264 e. The predicted octanol–water partition coefficient (Wildman–Crippen LogP) is 7.68. The molecule has 1 N–H and O–H groups in total. The van der Waals surface area contributed by atoms with E-state index in [-0.39, 0.29) is 29.1 Å². The summed E-state index contributed by atoms with van der Waals surface area (Å²) in [5, 5.41) is 2.78. The van der Waals surface area contributed by atoms with Crippen molar-refractivity contribution in [3.63, 3.8) is 0 Å². The fourth-order valence-electron chi connectivity index (χ4n) is 6.03. The molecule has 0 radical (unpaired) electrons. The van der Waals surface area contributed by atoms with Crippen molar-refractivity contribution in [2.24, 2.45) is 0 Å². The van der Waals surface area contributed by atoms with Crippen LogP contribution in [0.25, 0.3) is 0 Å². The van der Waals surface area contributed by atoms with Crippen LogP contribution in [0.15, 0.2) is 30.3 Å². The zero-order valence-corrected chi connectivity index (χ0v) is 29.1. The van der Waals surface area contributed by atoms with Gasteiger partial charge in [-0.2, -0.15) is 0 Å². The number of anilines is 1. The summed E-state index contributed by atoms with van der Waals surface area (Å²) in [6.07, 6.45) is 15.0. The lowest BCUT2D eigenvalue weighted by Gasteiger charge is -2.27. The maximum absolute atomic E-state index is 14.2. The Morgan fingerprint density at radius 2 is 1.43 bits per heavy atom. The third kappa shape index (κ3) is 10.0. The molecule has 3 rings (SSSR count). The standard InChI is InChI=1S/C36H52N2O7S/c1-6-9-10-11-12-13-14-15-16-17-18-19-26-20-22-28(37-32(39)7-2)34-33(26)35(40)38(36(34)41)29(25-46(5,42)43)27-21-23-30(44-4)31(24-27)45-8-3/h20-24,29H,6-19,25H2,1-5H3,(H,37,39)/t29-/m1/s1. The molecule has 1 aliphatic heterocycles. The van der Waals surface area contributed by atoms with Gasteiger partial charge in [-0.15, -0.1) is 0 Å². The fraction of sp³-hybridized carbons (Fsp3) is 0.583. The van der Waals surface area contributed by atoms with Crippen molar-refractivity contribution >= 4 is 33.2 Å². The maximum atomic E-state index is 14.2. The fourth-order valence-corrected chi connectivity index (χ4v) is 6.95. The Morgan fingerprint density at radius 3 is 2.00 bits per heavy atom. The number of imide groups is 1. The third-order valence-corrected chi connectivity index (χ3v) is 9.37. The number of sulfone groups is 1. The van der Waals surface area contributed by atoms with Crippen LogP contribution in [0.2, 0.25) is 0 Å². The average Bonchev–Trinajstić information content (AvgIpc) is 3.29. The second kappa shape index (κ2) is 18.1. The summed E-state index contributed by atoms with van der Waals surface area (Å²) in [6.45, 7) is 6.09. The van der Waals surface area contributed by atoms with E-state index in [0.29, 0.717) is 30.1 Å². The molecule has 1 aliphatic rings. The number of rotatable bonds is 21. The summed E-state index contributed by atoms with van der Waals surface area (Å²) in [6, 6.07) is 7.28. The molecule has 0 saturated carbocycles. The minimum absolute atomic E-state index is 0.115. The van der Waals surface area contributed by atoms with E-state index in [0.717, 1.165) is 36.0 Å². The largest absolute Gasteiger partial charge is 0.493 e. The van der Waals surface area contributed by atoms with Crippen LogP contribution in [0.3, 0.4) is 0 Å². The summed E-state index contributed by atoms with van der Waals surface area (Å²) in [4.78, 5) is 41.8. The quantitative estimate of drug-likeness (QED) is 0.108. The number of nitrogens with one attached hydrogen (secondary N) is 1. The highest BCUT2D eigenvalue weighted by Gasteiger charge is 2.44. The monoisotopic (exact) mass is 656 g/mol. The number of fused-ring (bicyclic) bond motifs is 1. The van der Waals surface area contributed by atoms with Gasteiger partial charge in [-0.1, -0.05) is 90.2 Å². The zero-order chi connectivity index (χ0) is 33.7. The lowest BCUT2D eigenvalue weighted by Crippen LogP contribution is -2.38. The number of aryl methyl sites for hydroxylation is 1. The van der Waals surface area contributed by atoms with Crippen molar-refractivity contribution in [1.29, 1.82) is 0 Å². The lowest BCUT2D eigenvalue weighted by atomic mass is 9.96. The van der Waals surface area contributed by atoms with E-state index >= 15 is 0 Å². The number of hydrogen-bond acceptors (Lipinski definition) is 7. The van der Waals surface area contributed by atoms with Gasteiger partial charge >= 0.3 is 0 Å². The first-order chi connectivity index (χ1) is 22.1. The van der Waals surface area contributed by atoms with Gasteiger partial charge in [0, 0.05) is 12.7 Å². The van der Waals surface area contributed by atoms with Crippen molar-refractivity contribution < 1.29 is 32.3 Å². The minimum atomic E-state index is -3.65. The molecule has 10 heteroatoms. The van der Waals surface area contributed by atoms with Crippen LogP contribution in [-0.2, 0) is 21.1 Å². The van der Waals surface area contributed by atoms with Gasteiger partial charge < -0.3 is 14.8 Å². The number of benzene rings is 2. The van der Waals surface area contributed by atoms with Crippen molar-refractivity contribution in [2.75, 3.05) is 31.0 Å². The Morgan fingerprint density at radius 1 is 0.826 bits per heavy atom. The normalized spacial score (nSPS) is 13.5. The van der Waals surface area contributed by atoms with Crippen molar-refractivity contribution in [1.82, 2.24) is 4.90 Å². The molecule has 0 aliphatic carbocycles. The molecule has 3 amide bonds. The number of nitrogens with zero attached hydrogens (tertiary/aromatic N) is 1. The van der Waals surface area contributed by atoms with Gasteiger partial charge in [0.1, 0.15) is 9.84 Å². The Bertz CT molecular complexity index is 1450. The molecule has 1 atom stereocenters. The average molecular weight is 657 g/mol. The number of methoxy groups -OCH3 is 1. The van der Waals surface area contributed by atoms with Crippen LogP contribution >= 0.6 is 0 Å². The van der Waals surface area contributed by atoms with Crippen LogP contribution in [0.1, 0.15) is 136 Å². The third-order valence-electron chi connectivity index (χ3n) is 8.45. The van der Waals surface area contributed by atoms with Crippen LogP contribution < -0.4 is 14.8 Å². The van der Waals surface area contributed by atoms with Crippen LogP contribution in [0, 0.1) is 0 Å². The van der Waals surface area contributed by atoms with E-state index in [9.17, 15) is 22.8 Å². The summed E-state index contributed by atoms with van der Waals surface area (Å²) < 4.78 is 36.5. The summed E-state index contributed by atoms with van der Waals surface area (Å²) in [7, 11) is -2.15.